The number of hydrogen-bond donors (Lipinski definition) is 1. The van der Waals surface area contributed by atoms with E-state index in [9.17, 15) is 5.11 Å². The van der Waals surface area contributed by atoms with E-state index in [0.717, 1.165) is 25.7 Å². The maximum absolute atomic E-state index is 9.70. The quantitative estimate of drug-likeness (QED) is 0.900. The van der Waals surface area contributed by atoms with Crippen LogP contribution in [0, 0.1) is 0 Å². The Morgan fingerprint density at radius 3 is 2.23 bits per heavy atom. The van der Waals surface area contributed by atoms with Crippen molar-refractivity contribution in [2.75, 3.05) is 14.1 Å². The van der Waals surface area contributed by atoms with Crippen LogP contribution in [-0.2, 0) is 5.54 Å². The van der Waals surface area contributed by atoms with E-state index >= 15 is 0 Å². The Kier molecular flexibility index (Phi) is 4.21. The first-order valence-electron chi connectivity index (χ1n) is 8.14. The van der Waals surface area contributed by atoms with E-state index in [2.05, 4.69) is 55.4 Å². The molecular formula is C20H25NO. The molecule has 1 aliphatic rings. The summed E-state index contributed by atoms with van der Waals surface area (Å²) in [5, 5.41) is 9.70. The topological polar surface area (TPSA) is 23.5 Å². The molecular weight excluding hydrogens is 270 g/mol. The Balaban J connectivity index is 1.82. The van der Waals surface area contributed by atoms with Crippen molar-refractivity contribution < 1.29 is 5.11 Å². The summed E-state index contributed by atoms with van der Waals surface area (Å²) in [5.41, 5.74) is 2.85. The summed E-state index contributed by atoms with van der Waals surface area (Å²) in [6.07, 6.45) is 4.64. The summed E-state index contributed by atoms with van der Waals surface area (Å²) in [7, 11) is 4.39. The van der Waals surface area contributed by atoms with Gasteiger partial charge in [-0.1, -0.05) is 42.5 Å². The van der Waals surface area contributed by atoms with Gasteiger partial charge in [0.25, 0.3) is 0 Å². The molecule has 0 radical (unpaired) electrons. The van der Waals surface area contributed by atoms with Crippen LogP contribution in [0.1, 0.15) is 42.7 Å². The van der Waals surface area contributed by atoms with Crippen molar-refractivity contribution in [3.05, 3.63) is 65.7 Å². The summed E-state index contributed by atoms with van der Waals surface area (Å²) in [6.45, 7) is 0. The second kappa shape index (κ2) is 6.13. The van der Waals surface area contributed by atoms with Crippen LogP contribution >= 0.6 is 0 Å². The molecule has 2 heteroatoms. The lowest BCUT2D eigenvalue weighted by Crippen LogP contribution is -2.44. The van der Waals surface area contributed by atoms with Gasteiger partial charge in [-0.3, -0.25) is 4.90 Å². The fourth-order valence-electron chi connectivity index (χ4n) is 3.95. The van der Waals surface area contributed by atoms with Crippen LogP contribution < -0.4 is 0 Å². The Labute approximate surface area is 133 Å². The second-order valence-corrected chi connectivity index (χ2v) is 6.66. The summed E-state index contributed by atoms with van der Waals surface area (Å²) in [6, 6.07) is 18.7. The number of nitrogens with zero attached hydrogens (tertiary/aromatic N) is 1. The number of hydrogen-bond acceptors (Lipinski definition) is 2. The van der Waals surface area contributed by atoms with Gasteiger partial charge in [-0.2, -0.15) is 0 Å². The van der Waals surface area contributed by atoms with Gasteiger partial charge in [-0.15, -0.1) is 0 Å². The van der Waals surface area contributed by atoms with Crippen LogP contribution in [0.4, 0.5) is 0 Å². The van der Waals surface area contributed by atoms with Crippen LogP contribution in [0.25, 0.3) is 0 Å². The first-order valence-corrected chi connectivity index (χ1v) is 8.14. The van der Waals surface area contributed by atoms with Gasteiger partial charge in [-0.25, -0.2) is 0 Å². The molecule has 1 N–H and O–H groups in total. The molecule has 0 heterocycles. The van der Waals surface area contributed by atoms with E-state index in [1.165, 1.54) is 11.1 Å². The van der Waals surface area contributed by atoms with Crippen molar-refractivity contribution >= 4 is 0 Å². The molecule has 0 unspecified atom stereocenters. The minimum absolute atomic E-state index is 0.147. The Hall–Kier alpha value is -1.80. The van der Waals surface area contributed by atoms with Gasteiger partial charge in [0, 0.05) is 5.54 Å². The third kappa shape index (κ3) is 2.76. The van der Waals surface area contributed by atoms with Gasteiger partial charge in [0.05, 0.1) is 0 Å². The van der Waals surface area contributed by atoms with Crippen molar-refractivity contribution in [1.29, 1.82) is 0 Å². The molecule has 2 nitrogen and oxygen atoms in total. The van der Waals surface area contributed by atoms with Crippen LogP contribution in [0.2, 0.25) is 0 Å². The van der Waals surface area contributed by atoms with E-state index < -0.39 is 0 Å². The lowest BCUT2D eigenvalue weighted by atomic mass is 9.70. The lowest BCUT2D eigenvalue weighted by Gasteiger charge is -2.45. The molecule has 1 saturated carbocycles. The predicted molar refractivity (Wildman–Crippen MR) is 91.1 cm³/mol. The molecule has 0 aromatic heterocycles. The lowest BCUT2D eigenvalue weighted by molar-refractivity contribution is 0.0909. The summed E-state index contributed by atoms with van der Waals surface area (Å²) >= 11 is 0. The summed E-state index contributed by atoms with van der Waals surface area (Å²) in [5.74, 6) is 0.939. The molecule has 2 aromatic carbocycles. The zero-order valence-electron chi connectivity index (χ0n) is 13.5. The zero-order chi connectivity index (χ0) is 15.6. The molecule has 3 rings (SSSR count). The van der Waals surface area contributed by atoms with Crippen molar-refractivity contribution in [2.24, 2.45) is 0 Å². The number of benzene rings is 2. The Morgan fingerprint density at radius 1 is 0.955 bits per heavy atom. The number of phenols is 1. The first-order chi connectivity index (χ1) is 10.6. The SMILES string of the molecule is CN(C)C1(c2ccccc2)CCC(c2cccc(O)c2)CC1. The average molecular weight is 295 g/mol. The minimum atomic E-state index is 0.147. The second-order valence-electron chi connectivity index (χ2n) is 6.66. The molecule has 0 spiro atoms. The van der Waals surface area contributed by atoms with Crippen LogP contribution in [0.15, 0.2) is 54.6 Å². The molecule has 0 aliphatic heterocycles. The van der Waals surface area contributed by atoms with Crippen LogP contribution in [0.3, 0.4) is 0 Å². The van der Waals surface area contributed by atoms with E-state index in [1.54, 1.807) is 6.07 Å². The largest absolute Gasteiger partial charge is 0.508 e. The average Bonchev–Trinajstić information content (AvgIpc) is 2.55. The maximum atomic E-state index is 9.70. The maximum Gasteiger partial charge on any atom is 0.115 e. The number of aromatic hydroxyl groups is 1. The highest BCUT2D eigenvalue weighted by Gasteiger charge is 2.38. The van der Waals surface area contributed by atoms with Crippen molar-refractivity contribution in [3.8, 4) is 5.75 Å². The first kappa shape index (κ1) is 15.1. The monoisotopic (exact) mass is 295 g/mol. The fraction of sp³-hybridized carbons (Fsp3) is 0.400. The minimum Gasteiger partial charge on any atom is -0.508 e. The molecule has 116 valence electrons. The van der Waals surface area contributed by atoms with Crippen molar-refractivity contribution in [1.82, 2.24) is 4.90 Å². The van der Waals surface area contributed by atoms with E-state index in [-0.39, 0.29) is 5.54 Å². The predicted octanol–water partition coefficient (Wildman–Crippen LogP) is 4.51. The smallest absolute Gasteiger partial charge is 0.115 e. The van der Waals surface area contributed by atoms with Crippen molar-refractivity contribution in [2.45, 2.75) is 37.1 Å². The third-order valence-electron chi connectivity index (χ3n) is 5.32. The van der Waals surface area contributed by atoms with Gasteiger partial charge in [0.1, 0.15) is 5.75 Å². The van der Waals surface area contributed by atoms with E-state index in [1.807, 2.05) is 12.1 Å². The highest BCUT2D eigenvalue weighted by Crippen LogP contribution is 2.46. The van der Waals surface area contributed by atoms with Gasteiger partial charge in [0.15, 0.2) is 0 Å². The molecule has 1 aliphatic carbocycles. The highest BCUT2D eigenvalue weighted by molar-refractivity contribution is 5.31. The van der Waals surface area contributed by atoms with Gasteiger partial charge in [0.2, 0.25) is 0 Å². The van der Waals surface area contributed by atoms with Gasteiger partial charge >= 0.3 is 0 Å². The third-order valence-corrected chi connectivity index (χ3v) is 5.32. The zero-order valence-corrected chi connectivity index (χ0v) is 13.5. The summed E-state index contributed by atoms with van der Waals surface area (Å²) < 4.78 is 0. The highest BCUT2D eigenvalue weighted by atomic mass is 16.3. The molecule has 0 bridgehead atoms. The van der Waals surface area contributed by atoms with Gasteiger partial charge < -0.3 is 5.11 Å². The van der Waals surface area contributed by atoms with Gasteiger partial charge in [-0.05, 0) is 69.0 Å². The van der Waals surface area contributed by atoms with E-state index in [0.29, 0.717) is 11.7 Å². The Morgan fingerprint density at radius 2 is 1.64 bits per heavy atom. The molecule has 0 saturated heterocycles. The van der Waals surface area contributed by atoms with E-state index in [4.69, 9.17) is 0 Å². The number of phenolic OH excluding ortho intramolecular Hbond substituents is 1. The normalized spacial score (nSPS) is 25.3. The molecule has 2 aromatic rings. The standard InChI is InChI=1S/C20H25NO/c1-21(2)20(18-8-4-3-5-9-18)13-11-16(12-14-20)17-7-6-10-19(22)15-17/h3-10,15-16,22H,11-14H2,1-2H3. The van der Waals surface area contributed by atoms with Crippen molar-refractivity contribution in [3.63, 3.8) is 0 Å². The van der Waals surface area contributed by atoms with Crippen LogP contribution in [0.5, 0.6) is 5.75 Å². The summed E-state index contributed by atoms with van der Waals surface area (Å²) in [4.78, 5) is 2.39. The fourth-order valence-corrected chi connectivity index (χ4v) is 3.95. The molecule has 22 heavy (non-hydrogen) atoms. The molecule has 1 fully saturated rings. The Bertz CT molecular complexity index is 613. The molecule has 0 amide bonds. The van der Waals surface area contributed by atoms with Crippen LogP contribution in [-0.4, -0.2) is 24.1 Å². The number of rotatable bonds is 3. The molecule has 0 atom stereocenters.